The van der Waals surface area contributed by atoms with Crippen LogP contribution in [0.1, 0.15) is 40.0 Å². The molecule has 0 radical (unpaired) electrons. The van der Waals surface area contributed by atoms with Gasteiger partial charge in [-0.2, -0.15) is 0 Å². The standard InChI is InChI=1S/C10H18NO2.ClH.Zn/c1-10(2,3)13-9(12)11-7-5-4-6-8-11;;/h7H,4-6,8H2,1-3H3;1H;/q;;+1/p-1. The maximum atomic E-state index is 11.7. The molecule has 0 spiro atoms. The van der Waals surface area contributed by atoms with Crippen molar-refractivity contribution in [1.29, 1.82) is 0 Å². The van der Waals surface area contributed by atoms with Crippen LogP contribution in [0.25, 0.3) is 0 Å². The number of likely N-dealkylation sites (tertiary alicyclic amines) is 1. The zero-order valence-corrected chi connectivity index (χ0v) is 13.5. The summed E-state index contributed by atoms with van der Waals surface area (Å²) in [6.07, 6.45) is 3.40. The van der Waals surface area contributed by atoms with Gasteiger partial charge in [0.1, 0.15) is 0 Å². The molecule has 0 aliphatic carbocycles. The summed E-state index contributed by atoms with van der Waals surface area (Å²) < 4.78 is 5.81. The van der Waals surface area contributed by atoms with E-state index >= 15 is 0 Å². The third-order valence-electron chi connectivity index (χ3n) is 2.26. The molecule has 1 saturated heterocycles. The fourth-order valence-electron chi connectivity index (χ4n) is 1.56. The van der Waals surface area contributed by atoms with Gasteiger partial charge in [0, 0.05) is 0 Å². The Kier molecular flexibility index (Phi) is 6.13. The Morgan fingerprint density at radius 3 is 2.47 bits per heavy atom. The fraction of sp³-hybridized carbons (Fsp3) is 0.900. The molecule has 1 unspecified atom stereocenters. The van der Waals surface area contributed by atoms with Crippen LogP contribution in [0.4, 0.5) is 4.79 Å². The van der Waals surface area contributed by atoms with E-state index in [1.807, 2.05) is 25.7 Å². The predicted octanol–water partition coefficient (Wildman–Crippen LogP) is -0.716. The van der Waals surface area contributed by atoms with Crippen LogP contribution in [-0.2, 0) is 23.0 Å². The first kappa shape index (κ1) is 15.2. The van der Waals surface area contributed by atoms with Crippen molar-refractivity contribution in [1.82, 2.24) is 4.90 Å². The number of rotatable bonds is 0. The molecule has 1 heterocycles. The van der Waals surface area contributed by atoms with Gasteiger partial charge in [-0.1, -0.05) is 0 Å². The Morgan fingerprint density at radius 2 is 2.00 bits per heavy atom. The second-order valence-electron chi connectivity index (χ2n) is 4.82. The summed E-state index contributed by atoms with van der Waals surface area (Å²) in [4.78, 5) is 13.6. The largest absolute Gasteiger partial charge is 1.00 e. The zero-order chi connectivity index (χ0) is 10.8. The first-order valence-corrected chi connectivity index (χ1v) is 6.94. The summed E-state index contributed by atoms with van der Waals surface area (Å²) in [6.45, 7) is 6.61. The molecule has 0 aromatic rings. The minimum atomic E-state index is -0.367. The van der Waals surface area contributed by atoms with Gasteiger partial charge in [-0.3, -0.25) is 0 Å². The van der Waals surface area contributed by atoms with E-state index in [1.165, 1.54) is 6.42 Å². The van der Waals surface area contributed by atoms with E-state index in [9.17, 15) is 4.79 Å². The van der Waals surface area contributed by atoms with E-state index in [4.69, 9.17) is 4.74 Å². The summed E-state index contributed by atoms with van der Waals surface area (Å²) in [7, 11) is 0. The zero-order valence-electron chi connectivity index (χ0n) is 9.75. The van der Waals surface area contributed by atoms with E-state index < -0.39 is 0 Å². The second-order valence-corrected chi connectivity index (χ2v) is 6.80. The molecule has 1 aliphatic heterocycles. The summed E-state index contributed by atoms with van der Waals surface area (Å²) in [5.74, 6) is 0. The number of halogens is 1. The summed E-state index contributed by atoms with van der Waals surface area (Å²) in [5.41, 5.74) is -0.367. The van der Waals surface area contributed by atoms with Crippen molar-refractivity contribution in [3.05, 3.63) is 0 Å². The van der Waals surface area contributed by atoms with Gasteiger partial charge in [-0.25, -0.2) is 0 Å². The molecule has 5 heteroatoms. The van der Waals surface area contributed by atoms with Gasteiger partial charge in [0.05, 0.1) is 0 Å². The predicted molar refractivity (Wildman–Crippen MR) is 50.6 cm³/mol. The van der Waals surface area contributed by atoms with Crippen molar-refractivity contribution in [3.8, 4) is 0 Å². The number of ether oxygens (including phenoxy) is 1. The van der Waals surface area contributed by atoms with Gasteiger partial charge in [0.25, 0.3) is 0 Å². The third-order valence-corrected chi connectivity index (χ3v) is 4.04. The van der Waals surface area contributed by atoms with Gasteiger partial charge in [-0.05, 0) is 0 Å². The van der Waals surface area contributed by atoms with Gasteiger partial charge < -0.3 is 12.4 Å². The Labute approximate surface area is 108 Å². The van der Waals surface area contributed by atoms with Gasteiger partial charge in [0.2, 0.25) is 0 Å². The van der Waals surface area contributed by atoms with Crippen LogP contribution in [0.15, 0.2) is 0 Å². The molecule has 0 saturated carbocycles. The normalized spacial score (nSPS) is 21.9. The molecule has 3 nitrogen and oxygen atoms in total. The average molecular weight is 285 g/mol. The molecule has 15 heavy (non-hydrogen) atoms. The number of carbonyl (C=O) groups is 1. The van der Waals surface area contributed by atoms with E-state index in [-0.39, 0.29) is 24.1 Å². The second kappa shape index (κ2) is 6.05. The Bertz CT molecular complexity index is 218. The van der Waals surface area contributed by atoms with E-state index in [0.29, 0.717) is 4.64 Å². The molecule has 0 N–H and O–H groups in total. The Morgan fingerprint density at radius 1 is 1.40 bits per heavy atom. The van der Waals surface area contributed by atoms with Crippen LogP contribution in [0.5, 0.6) is 0 Å². The average Bonchev–Trinajstić information content (AvgIpc) is 2.01. The van der Waals surface area contributed by atoms with Gasteiger partial charge >= 0.3 is 95.6 Å². The molecule has 0 bridgehead atoms. The monoisotopic (exact) mass is 283 g/mol. The van der Waals surface area contributed by atoms with E-state index in [0.717, 1.165) is 37.7 Å². The molecular formula is C10H18ClNO2Zn. The van der Waals surface area contributed by atoms with Gasteiger partial charge in [0.15, 0.2) is 0 Å². The SMILES string of the molecule is CC(C)(C)OC(=O)N1CCCC[CH]1[Zn+].[Cl-]. The van der Waals surface area contributed by atoms with Crippen LogP contribution < -0.4 is 12.4 Å². The third kappa shape index (κ3) is 5.17. The number of carbonyl (C=O) groups excluding carboxylic acids is 1. The molecule has 1 aliphatic rings. The summed E-state index contributed by atoms with van der Waals surface area (Å²) in [6, 6.07) is 0. The maximum Gasteiger partial charge on any atom is -1.00 e. The van der Waals surface area contributed by atoms with E-state index in [2.05, 4.69) is 0 Å². The number of nitrogens with zero attached hydrogens (tertiary/aromatic N) is 1. The fourth-order valence-corrected chi connectivity index (χ4v) is 2.86. The molecule has 1 amide bonds. The van der Waals surface area contributed by atoms with Crippen molar-refractivity contribution >= 4 is 6.09 Å². The first-order valence-electron chi connectivity index (χ1n) is 5.23. The molecule has 0 aromatic heterocycles. The smallest absolute Gasteiger partial charge is 1.00 e. The van der Waals surface area contributed by atoms with Gasteiger partial charge in [-0.15, -0.1) is 0 Å². The van der Waals surface area contributed by atoms with Crippen molar-refractivity contribution in [2.45, 2.75) is 50.3 Å². The molecule has 1 fully saturated rings. The van der Waals surface area contributed by atoms with Crippen LogP contribution >= 0.6 is 0 Å². The molecule has 1 rings (SSSR count). The summed E-state index contributed by atoms with van der Waals surface area (Å²) >= 11 is 1.15. The van der Waals surface area contributed by atoms with E-state index in [1.54, 1.807) is 0 Å². The van der Waals surface area contributed by atoms with Crippen molar-refractivity contribution in [2.24, 2.45) is 0 Å². The number of hydrogen-bond donors (Lipinski definition) is 0. The Hall–Kier alpha value is 0.183. The van der Waals surface area contributed by atoms with Crippen LogP contribution in [-0.4, -0.2) is 27.8 Å². The van der Waals surface area contributed by atoms with Crippen molar-refractivity contribution < 1.29 is 40.2 Å². The van der Waals surface area contributed by atoms with Crippen molar-refractivity contribution in [2.75, 3.05) is 6.54 Å². The number of hydrogen-bond acceptors (Lipinski definition) is 2. The quantitative estimate of drug-likeness (QED) is 0.550. The molecule has 0 aromatic carbocycles. The topological polar surface area (TPSA) is 29.5 Å². The summed E-state index contributed by atoms with van der Waals surface area (Å²) in [5, 5.41) is 0. The molecular weight excluding hydrogens is 267 g/mol. The number of amides is 1. The Balaban J connectivity index is 0.00000196. The maximum absolute atomic E-state index is 11.7. The van der Waals surface area contributed by atoms with Crippen LogP contribution in [0.2, 0.25) is 0 Å². The van der Waals surface area contributed by atoms with Crippen LogP contribution in [0, 0.1) is 0 Å². The molecule has 84 valence electrons. The first-order chi connectivity index (χ1) is 6.40. The minimum Gasteiger partial charge on any atom is -1.00 e. The number of piperidine rings is 1. The van der Waals surface area contributed by atoms with Crippen LogP contribution in [0.3, 0.4) is 0 Å². The van der Waals surface area contributed by atoms with Crippen molar-refractivity contribution in [3.63, 3.8) is 0 Å². The minimum absolute atomic E-state index is 0. The molecule has 1 atom stereocenters.